The first-order valence-corrected chi connectivity index (χ1v) is 8.47. The molecule has 4 nitrogen and oxygen atoms in total. The second-order valence-electron chi connectivity index (χ2n) is 5.38. The molecule has 1 unspecified atom stereocenters. The number of hydrogen-bond acceptors (Lipinski definition) is 4. The van der Waals surface area contributed by atoms with Crippen molar-refractivity contribution in [2.24, 2.45) is 0 Å². The zero-order chi connectivity index (χ0) is 17.1. The molecule has 2 aromatic rings. The minimum atomic E-state index is -2.26. The number of methoxy groups -OCH3 is 2. The number of hydrogen-bond donors (Lipinski definition) is 0. The van der Waals surface area contributed by atoms with Crippen LogP contribution in [0.3, 0.4) is 0 Å². The lowest BCUT2D eigenvalue weighted by atomic mass is 10.1. The number of carbonyl (C=O) groups is 1. The molecule has 2 aromatic carbocycles. The molecule has 0 heterocycles. The highest BCUT2D eigenvalue weighted by Gasteiger charge is 2.39. The van der Waals surface area contributed by atoms with E-state index in [0.717, 1.165) is 16.7 Å². The van der Waals surface area contributed by atoms with Gasteiger partial charge in [0.2, 0.25) is 5.30 Å². The van der Waals surface area contributed by atoms with Crippen molar-refractivity contribution in [3.8, 4) is 11.5 Å². The summed E-state index contributed by atoms with van der Waals surface area (Å²) in [6.07, 6.45) is 0. The van der Waals surface area contributed by atoms with Gasteiger partial charge in [0.05, 0.1) is 14.2 Å². The molecule has 0 aromatic heterocycles. The van der Waals surface area contributed by atoms with Crippen molar-refractivity contribution in [3.63, 3.8) is 0 Å². The van der Waals surface area contributed by atoms with Crippen molar-refractivity contribution < 1.29 is 18.8 Å². The zero-order valence-corrected chi connectivity index (χ0v) is 14.9. The monoisotopic (exact) mass is 331 g/mol. The normalized spacial score (nSPS) is 11.1. The fraction of sp³-hybridized carbons (Fsp3) is 0.278. The van der Waals surface area contributed by atoms with E-state index in [1.165, 1.54) is 14.2 Å². The van der Waals surface area contributed by atoms with Crippen molar-refractivity contribution >= 4 is 18.6 Å². The van der Waals surface area contributed by atoms with Crippen LogP contribution < -0.4 is 14.8 Å². The second-order valence-corrected chi connectivity index (χ2v) is 6.83. The SMILES string of the molecule is COc1cccc(OC)c1C(=O)[P+](=O)c1c(C)cc(C)cc1C. The summed E-state index contributed by atoms with van der Waals surface area (Å²) in [5.41, 5.74) is 2.52. The van der Waals surface area contributed by atoms with Gasteiger partial charge in [-0.15, -0.1) is 0 Å². The molecular weight excluding hydrogens is 311 g/mol. The largest absolute Gasteiger partial charge is 0.496 e. The van der Waals surface area contributed by atoms with E-state index < -0.39 is 13.3 Å². The standard InChI is InChI=1S/C18H20O4P/c1-11-9-12(2)17(13(3)10-11)23(20)18(19)16-14(21-4)7-6-8-15(16)22-5/h6-10H,1-5H3/q+1. The Balaban J connectivity index is 2.56. The van der Waals surface area contributed by atoms with E-state index in [0.29, 0.717) is 16.8 Å². The van der Waals surface area contributed by atoms with Gasteiger partial charge in [0.25, 0.3) is 0 Å². The highest BCUT2D eigenvalue weighted by molar-refractivity contribution is 7.71. The van der Waals surface area contributed by atoms with E-state index in [9.17, 15) is 9.36 Å². The maximum absolute atomic E-state index is 12.9. The van der Waals surface area contributed by atoms with E-state index in [1.807, 2.05) is 32.9 Å². The first-order valence-electron chi connectivity index (χ1n) is 7.21. The lowest BCUT2D eigenvalue weighted by molar-refractivity contribution is 0.107. The Morgan fingerprint density at radius 1 is 0.957 bits per heavy atom. The Hall–Kier alpha value is -2.19. The van der Waals surface area contributed by atoms with Gasteiger partial charge in [-0.2, -0.15) is 0 Å². The highest BCUT2D eigenvalue weighted by atomic mass is 31.1. The summed E-state index contributed by atoms with van der Waals surface area (Å²) in [5.74, 6) is 0.722. The average molecular weight is 331 g/mol. The minimum absolute atomic E-state index is 0.220. The van der Waals surface area contributed by atoms with Gasteiger partial charge < -0.3 is 9.47 Å². The van der Waals surface area contributed by atoms with Gasteiger partial charge in [0, 0.05) is 11.1 Å². The third-order valence-electron chi connectivity index (χ3n) is 3.66. The molecule has 2 rings (SSSR count). The molecule has 0 amide bonds. The molecule has 0 fully saturated rings. The van der Waals surface area contributed by atoms with Crippen LogP contribution in [0.25, 0.3) is 0 Å². The van der Waals surface area contributed by atoms with Crippen molar-refractivity contribution in [2.45, 2.75) is 20.8 Å². The van der Waals surface area contributed by atoms with Crippen molar-refractivity contribution in [3.05, 3.63) is 52.6 Å². The van der Waals surface area contributed by atoms with Gasteiger partial charge in [-0.1, -0.05) is 28.3 Å². The van der Waals surface area contributed by atoms with Crippen molar-refractivity contribution in [1.29, 1.82) is 0 Å². The van der Waals surface area contributed by atoms with E-state index in [1.54, 1.807) is 18.2 Å². The van der Waals surface area contributed by atoms with Gasteiger partial charge >= 0.3 is 13.3 Å². The van der Waals surface area contributed by atoms with Crippen LogP contribution in [0, 0.1) is 20.8 Å². The van der Waals surface area contributed by atoms with Gasteiger partial charge in [-0.05, 0) is 32.9 Å². The van der Waals surface area contributed by atoms with Gasteiger partial charge in [0.15, 0.2) is 5.56 Å². The molecule has 120 valence electrons. The molecule has 0 bridgehead atoms. The van der Waals surface area contributed by atoms with E-state index in [2.05, 4.69) is 0 Å². The average Bonchev–Trinajstić information content (AvgIpc) is 2.52. The van der Waals surface area contributed by atoms with Crippen LogP contribution in [-0.4, -0.2) is 19.7 Å². The van der Waals surface area contributed by atoms with Crippen LogP contribution in [0.5, 0.6) is 11.5 Å². The fourth-order valence-corrected chi connectivity index (χ4v) is 4.15. The summed E-state index contributed by atoms with van der Waals surface area (Å²) in [6, 6.07) is 8.91. The van der Waals surface area contributed by atoms with E-state index in [-0.39, 0.29) is 5.56 Å². The number of carbonyl (C=O) groups excluding carboxylic acids is 1. The van der Waals surface area contributed by atoms with Gasteiger partial charge in [-0.25, -0.2) is 4.79 Å². The number of benzene rings is 2. The smallest absolute Gasteiger partial charge is 0.459 e. The third-order valence-corrected chi connectivity index (χ3v) is 5.37. The summed E-state index contributed by atoms with van der Waals surface area (Å²) < 4.78 is 23.4. The molecular formula is C18H20O4P+. The van der Waals surface area contributed by atoms with Crippen molar-refractivity contribution in [1.82, 2.24) is 0 Å². The number of rotatable bonds is 5. The maximum atomic E-state index is 12.9. The summed E-state index contributed by atoms with van der Waals surface area (Å²) in [7, 11) is 0.686. The highest BCUT2D eigenvalue weighted by Crippen LogP contribution is 2.38. The number of ether oxygens (including phenoxy) is 2. The number of aryl methyl sites for hydroxylation is 3. The minimum Gasteiger partial charge on any atom is -0.496 e. The lowest BCUT2D eigenvalue weighted by Gasteiger charge is -2.08. The molecule has 0 aliphatic carbocycles. The third kappa shape index (κ3) is 3.27. The summed E-state index contributed by atoms with van der Waals surface area (Å²) in [4.78, 5) is 12.9. The van der Waals surface area contributed by atoms with Crippen LogP contribution in [0.15, 0.2) is 30.3 Å². The van der Waals surface area contributed by atoms with Gasteiger partial charge in [-0.3, -0.25) is 0 Å². The molecule has 0 radical (unpaired) electrons. The Bertz CT molecular complexity index is 735. The Morgan fingerprint density at radius 3 is 1.87 bits per heavy atom. The molecule has 5 heteroatoms. The second kappa shape index (κ2) is 6.93. The maximum Gasteiger partial charge on any atom is 0.459 e. The quantitative estimate of drug-likeness (QED) is 0.779. The van der Waals surface area contributed by atoms with E-state index in [4.69, 9.17) is 9.47 Å². The molecule has 0 aliphatic rings. The lowest BCUT2D eigenvalue weighted by Crippen LogP contribution is -2.13. The fourth-order valence-electron chi connectivity index (χ4n) is 2.76. The molecule has 0 aliphatic heterocycles. The predicted octanol–water partition coefficient (Wildman–Crippen LogP) is 3.92. The topological polar surface area (TPSA) is 52.6 Å². The van der Waals surface area contributed by atoms with Crippen molar-refractivity contribution in [2.75, 3.05) is 14.2 Å². The molecule has 0 N–H and O–H groups in total. The molecule has 0 spiro atoms. The van der Waals surface area contributed by atoms with Crippen LogP contribution in [0.1, 0.15) is 27.0 Å². The van der Waals surface area contributed by atoms with Crippen LogP contribution in [-0.2, 0) is 4.57 Å². The zero-order valence-electron chi connectivity index (χ0n) is 14.0. The summed E-state index contributed by atoms with van der Waals surface area (Å²) >= 11 is 0. The first-order chi connectivity index (χ1) is 10.9. The first kappa shape index (κ1) is 17.2. The van der Waals surface area contributed by atoms with E-state index >= 15 is 0 Å². The summed E-state index contributed by atoms with van der Waals surface area (Å²) in [5, 5.41) is 0.587. The molecule has 23 heavy (non-hydrogen) atoms. The molecule has 1 atom stereocenters. The van der Waals surface area contributed by atoms with Crippen LogP contribution in [0.4, 0.5) is 0 Å². The van der Waals surface area contributed by atoms with Crippen LogP contribution >= 0.6 is 7.80 Å². The Morgan fingerprint density at radius 2 is 1.43 bits per heavy atom. The van der Waals surface area contributed by atoms with Gasteiger partial charge in [0.1, 0.15) is 11.5 Å². The molecule has 0 saturated carbocycles. The molecule has 0 saturated heterocycles. The Labute approximate surface area is 137 Å². The summed E-state index contributed by atoms with van der Waals surface area (Å²) in [6.45, 7) is 5.71. The Kier molecular flexibility index (Phi) is 5.17. The predicted molar refractivity (Wildman–Crippen MR) is 91.8 cm³/mol. The van der Waals surface area contributed by atoms with Crippen LogP contribution in [0.2, 0.25) is 0 Å².